The Morgan fingerprint density at radius 3 is 2.44 bits per heavy atom. The highest BCUT2D eigenvalue weighted by Crippen LogP contribution is 2.17. The molecule has 2 rings (SSSR count). The number of carbonyl (C=O) groups is 3. The molecule has 1 amide bonds. The summed E-state index contributed by atoms with van der Waals surface area (Å²) in [5.74, 6) is -0.454. The van der Waals surface area contributed by atoms with Crippen LogP contribution < -0.4 is 10.1 Å². The van der Waals surface area contributed by atoms with E-state index in [9.17, 15) is 14.4 Å². The lowest BCUT2D eigenvalue weighted by molar-refractivity contribution is -0.144. The number of rotatable bonds is 9. The molecule has 0 atom stereocenters. The minimum Gasteiger partial charge on any atom is -0.482 e. The zero-order valence-corrected chi connectivity index (χ0v) is 16.5. The lowest BCUT2D eigenvalue weighted by Gasteiger charge is -2.08. The molecule has 0 aliphatic heterocycles. The summed E-state index contributed by atoms with van der Waals surface area (Å²) in [5.41, 5.74) is 1.46. The highest BCUT2D eigenvalue weighted by Gasteiger charge is 2.11. The molecule has 0 aliphatic rings. The molecule has 0 saturated heterocycles. The fourth-order valence-corrected chi connectivity index (χ4v) is 2.59. The zero-order valence-electron chi connectivity index (χ0n) is 14.9. The highest BCUT2D eigenvalue weighted by atomic mass is 79.9. The molecule has 2 aromatic rings. The summed E-state index contributed by atoms with van der Waals surface area (Å²) in [6.07, 6.45) is 0.677. The van der Waals surface area contributed by atoms with Gasteiger partial charge in [0.05, 0.1) is 0 Å². The Bertz CT molecular complexity index is 804. The van der Waals surface area contributed by atoms with Crippen molar-refractivity contribution in [1.29, 1.82) is 0 Å². The standard InChI is InChI=1S/C20H20BrNO5/c1-14(23)22-10-9-15-5-7-16(8-6-15)19(24)12-27-20(25)13-26-18-4-2-3-17(21)11-18/h2-8,11H,9-10,12-13H2,1H3,(H,22,23). The number of esters is 1. The predicted octanol–water partition coefficient (Wildman–Crippen LogP) is 2.93. The van der Waals surface area contributed by atoms with Gasteiger partial charge in [0.15, 0.2) is 19.0 Å². The van der Waals surface area contributed by atoms with E-state index in [1.54, 1.807) is 30.3 Å². The summed E-state index contributed by atoms with van der Waals surface area (Å²) in [4.78, 5) is 34.7. The van der Waals surface area contributed by atoms with E-state index in [1.807, 2.05) is 18.2 Å². The van der Waals surface area contributed by atoms with Gasteiger partial charge in [-0.3, -0.25) is 9.59 Å². The first kappa shape index (κ1) is 20.6. The molecule has 0 radical (unpaired) electrons. The molecule has 7 heteroatoms. The van der Waals surface area contributed by atoms with Crippen molar-refractivity contribution >= 4 is 33.6 Å². The number of Topliss-reactive ketones (excluding diaryl/α,β-unsaturated/α-hetero) is 1. The van der Waals surface area contributed by atoms with Crippen molar-refractivity contribution in [2.75, 3.05) is 19.8 Å². The number of benzene rings is 2. The van der Waals surface area contributed by atoms with E-state index in [0.717, 1.165) is 10.0 Å². The number of nitrogens with one attached hydrogen (secondary N) is 1. The number of carbonyl (C=O) groups excluding carboxylic acids is 3. The second-order valence-corrected chi connectivity index (χ2v) is 6.68. The molecule has 0 unspecified atom stereocenters. The molecule has 0 bridgehead atoms. The largest absolute Gasteiger partial charge is 0.482 e. The van der Waals surface area contributed by atoms with Gasteiger partial charge in [-0.2, -0.15) is 0 Å². The van der Waals surface area contributed by atoms with Crippen molar-refractivity contribution in [1.82, 2.24) is 5.32 Å². The summed E-state index contributed by atoms with van der Waals surface area (Å²) in [5, 5.41) is 2.71. The lowest BCUT2D eigenvalue weighted by atomic mass is 10.1. The molecule has 0 aliphatic carbocycles. The van der Waals surface area contributed by atoms with Crippen LogP contribution in [0.3, 0.4) is 0 Å². The molecule has 0 heterocycles. The van der Waals surface area contributed by atoms with Crippen LogP contribution in [0.5, 0.6) is 5.75 Å². The Morgan fingerprint density at radius 2 is 1.78 bits per heavy atom. The van der Waals surface area contributed by atoms with Gasteiger partial charge in [-0.05, 0) is 30.2 Å². The van der Waals surface area contributed by atoms with Gasteiger partial charge < -0.3 is 14.8 Å². The Balaban J connectivity index is 1.74. The molecule has 27 heavy (non-hydrogen) atoms. The predicted molar refractivity (Wildman–Crippen MR) is 104 cm³/mol. The van der Waals surface area contributed by atoms with E-state index in [2.05, 4.69) is 21.2 Å². The Labute approximate surface area is 166 Å². The second kappa shape index (κ2) is 10.5. The van der Waals surface area contributed by atoms with Crippen LogP contribution in [0.2, 0.25) is 0 Å². The summed E-state index contributed by atoms with van der Waals surface area (Å²) < 4.78 is 11.1. The number of hydrogen-bond acceptors (Lipinski definition) is 5. The first-order valence-electron chi connectivity index (χ1n) is 8.34. The van der Waals surface area contributed by atoms with E-state index in [0.29, 0.717) is 24.3 Å². The minimum atomic E-state index is -0.616. The van der Waals surface area contributed by atoms with Gasteiger partial charge in [0.2, 0.25) is 5.91 Å². The average Bonchev–Trinajstić information content (AvgIpc) is 2.65. The number of amides is 1. The van der Waals surface area contributed by atoms with Gasteiger partial charge in [0.25, 0.3) is 0 Å². The van der Waals surface area contributed by atoms with E-state index < -0.39 is 5.97 Å². The summed E-state index contributed by atoms with van der Waals surface area (Å²) in [7, 11) is 0. The summed E-state index contributed by atoms with van der Waals surface area (Å²) in [6, 6.07) is 14.1. The molecule has 0 aromatic heterocycles. The second-order valence-electron chi connectivity index (χ2n) is 5.76. The minimum absolute atomic E-state index is 0.0764. The maximum atomic E-state index is 12.1. The van der Waals surface area contributed by atoms with Crippen molar-refractivity contribution in [2.45, 2.75) is 13.3 Å². The first-order chi connectivity index (χ1) is 12.9. The van der Waals surface area contributed by atoms with Crippen LogP contribution in [-0.2, 0) is 20.7 Å². The fourth-order valence-electron chi connectivity index (χ4n) is 2.21. The number of hydrogen-bond donors (Lipinski definition) is 1. The Kier molecular flexibility index (Phi) is 8.00. The molecule has 0 spiro atoms. The maximum absolute atomic E-state index is 12.1. The molecule has 2 aromatic carbocycles. The SMILES string of the molecule is CC(=O)NCCc1ccc(C(=O)COC(=O)COc2cccc(Br)c2)cc1. The third kappa shape index (κ3) is 7.62. The van der Waals surface area contributed by atoms with Crippen molar-refractivity contribution in [3.8, 4) is 5.75 Å². The van der Waals surface area contributed by atoms with E-state index >= 15 is 0 Å². The normalized spacial score (nSPS) is 10.1. The van der Waals surface area contributed by atoms with Gasteiger partial charge in [-0.15, -0.1) is 0 Å². The van der Waals surface area contributed by atoms with Crippen molar-refractivity contribution in [3.63, 3.8) is 0 Å². The first-order valence-corrected chi connectivity index (χ1v) is 9.14. The molecular formula is C20H20BrNO5. The molecule has 1 N–H and O–H groups in total. The van der Waals surface area contributed by atoms with E-state index in [1.165, 1.54) is 6.92 Å². The Hall–Kier alpha value is -2.67. The van der Waals surface area contributed by atoms with Gasteiger partial charge in [0.1, 0.15) is 5.75 Å². The van der Waals surface area contributed by atoms with Gasteiger partial charge in [-0.25, -0.2) is 4.79 Å². The third-order valence-electron chi connectivity index (χ3n) is 3.58. The van der Waals surface area contributed by atoms with Crippen LogP contribution in [0.25, 0.3) is 0 Å². The maximum Gasteiger partial charge on any atom is 0.344 e. The zero-order chi connectivity index (χ0) is 19.6. The van der Waals surface area contributed by atoms with Crippen LogP contribution in [0.1, 0.15) is 22.8 Å². The summed E-state index contributed by atoms with van der Waals surface area (Å²) >= 11 is 3.31. The van der Waals surface area contributed by atoms with E-state index in [-0.39, 0.29) is 24.9 Å². The smallest absolute Gasteiger partial charge is 0.344 e. The molecule has 0 fully saturated rings. The van der Waals surface area contributed by atoms with Crippen LogP contribution in [-0.4, -0.2) is 37.4 Å². The van der Waals surface area contributed by atoms with Crippen LogP contribution in [0.15, 0.2) is 53.0 Å². The highest BCUT2D eigenvalue weighted by molar-refractivity contribution is 9.10. The number of ether oxygens (including phenoxy) is 2. The fraction of sp³-hybridized carbons (Fsp3) is 0.250. The number of halogens is 1. The molecular weight excluding hydrogens is 414 g/mol. The van der Waals surface area contributed by atoms with Crippen LogP contribution in [0, 0.1) is 0 Å². The van der Waals surface area contributed by atoms with Gasteiger partial charge in [-0.1, -0.05) is 46.3 Å². The molecule has 6 nitrogen and oxygen atoms in total. The summed E-state index contributed by atoms with van der Waals surface area (Å²) in [6.45, 7) is 1.39. The van der Waals surface area contributed by atoms with Gasteiger partial charge in [0, 0.05) is 23.5 Å². The van der Waals surface area contributed by atoms with Crippen molar-refractivity contribution in [2.24, 2.45) is 0 Å². The van der Waals surface area contributed by atoms with Crippen molar-refractivity contribution in [3.05, 3.63) is 64.1 Å². The average molecular weight is 434 g/mol. The molecule has 142 valence electrons. The quantitative estimate of drug-likeness (QED) is 0.485. The lowest BCUT2D eigenvalue weighted by Crippen LogP contribution is -2.22. The third-order valence-corrected chi connectivity index (χ3v) is 4.07. The monoisotopic (exact) mass is 433 g/mol. The van der Waals surface area contributed by atoms with Crippen LogP contribution >= 0.6 is 15.9 Å². The topological polar surface area (TPSA) is 81.7 Å². The molecule has 0 saturated carbocycles. The Morgan fingerprint density at radius 1 is 1.04 bits per heavy atom. The van der Waals surface area contributed by atoms with E-state index in [4.69, 9.17) is 9.47 Å². The van der Waals surface area contributed by atoms with Gasteiger partial charge >= 0.3 is 5.97 Å². The van der Waals surface area contributed by atoms with Crippen LogP contribution in [0.4, 0.5) is 0 Å². The van der Waals surface area contributed by atoms with Crippen molar-refractivity contribution < 1.29 is 23.9 Å². The number of ketones is 1.